The van der Waals surface area contributed by atoms with Crippen LogP contribution in [0.25, 0.3) is 0 Å². The summed E-state index contributed by atoms with van der Waals surface area (Å²) < 4.78 is 0. The second-order valence-electron chi connectivity index (χ2n) is 3.30. The van der Waals surface area contributed by atoms with Crippen LogP contribution in [0.1, 0.15) is 13.8 Å². The Balaban J connectivity index is 2.39. The predicted molar refractivity (Wildman–Crippen MR) is 48.9 cm³/mol. The van der Waals surface area contributed by atoms with E-state index >= 15 is 0 Å². The Bertz CT molecular complexity index is 195. The van der Waals surface area contributed by atoms with Crippen molar-refractivity contribution < 1.29 is 4.79 Å². The van der Waals surface area contributed by atoms with Crippen LogP contribution in [0.4, 0.5) is 0 Å². The molecule has 0 aromatic heterocycles. The lowest BCUT2D eigenvalue weighted by molar-refractivity contribution is -0.131. The van der Waals surface area contributed by atoms with Crippen LogP contribution in [0.3, 0.4) is 0 Å². The quantitative estimate of drug-likeness (QED) is 0.605. The third kappa shape index (κ3) is 2.66. The summed E-state index contributed by atoms with van der Waals surface area (Å²) in [6.07, 6.45) is 2.09. The second-order valence-corrected chi connectivity index (χ2v) is 3.30. The van der Waals surface area contributed by atoms with Crippen molar-refractivity contribution in [2.45, 2.75) is 13.8 Å². The normalized spacial score (nSPS) is 17.8. The number of carbonyl (C=O) groups is 1. The minimum Gasteiger partial charge on any atom is -0.337 e. The van der Waals surface area contributed by atoms with Crippen LogP contribution in [-0.4, -0.2) is 37.0 Å². The van der Waals surface area contributed by atoms with Gasteiger partial charge in [-0.1, -0.05) is 11.6 Å². The molecule has 0 radical (unpaired) electrons. The van der Waals surface area contributed by atoms with E-state index in [2.05, 4.69) is 11.4 Å². The highest BCUT2D eigenvalue weighted by Gasteiger charge is 2.15. The first-order chi connectivity index (χ1) is 5.70. The number of amides is 1. The van der Waals surface area contributed by atoms with Gasteiger partial charge in [-0.25, -0.2) is 0 Å². The van der Waals surface area contributed by atoms with Crippen molar-refractivity contribution in [3.05, 3.63) is 11.6 Å². The van der Waals surface area contributed by atoms with Gasteiger partial charge in [-0.2, -0.15) is 0 Å². The van der Waals surface area contributed by atoms with Gasteiger partial charge in [-0.05, 0) is 13.8 Å². The summed E-state index contributed by atoms with van der Waals surface area (Å²) in [5.74, 6) is 0.207. The van der Waals surface area contributed by atoms with Gasteiger partial charge in [0.2, 0.25) is 5.91 Å². The largest absolute Gasteiger partial charge is 0.337 e. The third-order valence-corrected chi connectivity index (χ3v) is 1.91. The minimum absolute atomic E-state index is 0.207. The molecule has 3 heteroatoms. The lowest BCUT2D eigenvalue weighted by Gasteiger charge is -2.26. The number of hydrogen-bond acceptors (Lipinski definition) is 2. The lowest BCUT2D eigenvalue weighted by Crippen LogP contribution is -2.47. The molecule has 0 spiro atoms. The van der Waals surface area contributed by atoms with Gasteiger partial charge in [0.1, 0.15) is 0 Å². The summed E-state index contributed by atoms with van der Waals surface area (Å²) in [6.45, 7) is 7.11. The summed E-state index contributed by atoms with van der Waals surface area (Å²) in [6, 6.07) is 0. The van der Waals surface area contributed by atoms with Crippen molar-refractivity contribution in [1.82, 2.24) is 10.2 Å². The van der Waals surface area contributed by atoms with Gasteiger partial charge < -0.3 is 10.2 Å². The van der Waals surface area contributed by atoms with Crippen molar-refractivity contribution in [3.8, 4) is 0 Å². The molecule has 0 bridgehead atoms. The molecule has 0 saturated carbocycles. The molecule has 1 aliphatic heterocycles. The van der Waals surface area contributed by atoms with Gasteiger partial charge in [0.15, 0.2) is 0 Å². The number of nitrogens with one attached hydrogen (secondary N) is 1. The second kappa shape index (κ2) is 4.26. The van der Waals surface area contributed by atoms with E-state index in [1.54, 1.807) is 0 Å². The molecule has 0 aliphatic carbocycles. The number of nitrogens with zero attached hydrogens (tertiary/aromatic N) is 1. The fourth-order valence-corrected chi connectivity index (χ4v) is 1.13. The van der Waals surface area contributed by atoms with E-state index in [0.717, 1.165) is 19.6 Å². The van der Waals surface area contributed by atoms with E-state index in [1.807, 2.05) is 18.7 Å². The molecule has 0 unspecified atom stereocenters. The molecular weight excluding hydrogens is 152 g/mol. The number of carbonyl (C=O) groups excluding carboxylic acids is 1. The zero-order valence-electron chi connectivity index (χ0n) is 7.76. The summed E-state index contributed by atoms with van der Waals surface area (Å²) in [5.41, 5.74) is 1.27. The maximum absolute atomic E-state index is 11.2. The van der Waals surface area contributed by atoms with Crippen LogP contribution in [-0.2, 0) is 4.79 Å². The molecule has 68 valence electrons. The van der Waals surface area contributed by atoms with Gasteiger partial charge in [-0.3, -0.25) is 4.79 Å². The van der Waals surface area contributed by atoms with Crippen molar-refractivity contribution in [2.24, 2.45) is 0 Å². The Kier molecular flexibility index (Phi) is 3.29. The average molecular weight is 168 g/mol. The molecule has 0 aromatic carbocycles. The first-order valence-electron chi connectivity index (χ1n) is 4.32. The molecule has 12 heavy (non-hydrogen) atoms. The Labute approximate surface area is 73.4 Å². The molecule has 1 heterocycles. The van der Waals surface area contributed by atoms with Gasteiger partial charge in [0.05, 0.1) is 6.54 Å². The number of allylic oxidation sites excluding steroid dienone is 1. The molecule has 1 amide bonds. The SMILES string of the molecule is CC(C)=CCN1CCNCC1=O. The van der Waals surface area contributed by atoms with Crippen LogP contribution >= 0.6 is 0 Å². The Morgan fingerprint density at radius 1 is 1.67 bits per heavy atom. The fourth-order valence-electron chi connectivity index (χ4n) is 1.13. The fraction of sp³-hybridized carbons (Fsp3) is 0.667. The van der Waals surface area contributed by atoms with Crippen LogP contribution in [0.2, 0.25) is 0 Å². The topological polar surface area (TPSA) is 32.3 Å². The van der Waals surface area contributed by atoms with E-state index < -0.39 is 0 Å². The Morgan fingerprint density at radius 2 is 2.42 bits per heavy atom. The molecule has 3 nitrogen and oxygen atoms in total. The highest BCUT2D eigenvalue weighted by Crippen LogP contribution is 1.96. The van der Waals surface area contributed by atoms with E-state index in [4.69, 9.17) is 0 Å². The molecule has 0 atom stereocenters. The minimum atomic E-state index is 0.207. The van der Waals surface area contributed by atoms with Crippen molar-refractivity contribution >= 4 is 5.91 Å². The Morgan fingerprint density at radius 3 is 3.00 bits per heavy atom. The average Bonchev–Trinajstić information content (AvgIpc) is 2.03. The van der Waals surface area contributed by atoms with Gasteiger partial charge >= 0.3 is 0 Å². The molecule has 1 saturated heterocycles. The smallest absolute Gasteiger partial charge is 0.236 e. The summed E-state index contributed by atoms with van der Waals surface area (Å²) in [5, 5.41) is 3.04. The highest BCUT2D eigenvalue weighted by atomic mass is 16.2. The molecule has 1 N–H and O–H groups in total. The van der Waals surface area contributed by atoms with Crippen LogP contribution in [0.15, 0.2) is 11.6 Å². The first kappa shape index (κ1) is 9.26. The predicted octanol–water partition coefficient (Wildman–Crippen LogP) is 0.384. The van der Waals surface area contributed by atoms with Crippen molar-refractivity contribution in [2.75, 3.05) is 26.2 Å². The molecule has 1 rings (SSSR count). The summed E-state index contributed by atoms with van der Waals surface area (Å²) in [4.78, 5) is 13.1. The highest BCUT2D eigenvalue weighted by molar-refractivity contribution is 5.79. The molecular formula is C9H16N2O. The zero-order chi connectivity index (χ0) is 8.97. The van der Waals surface area contributed by atoms with Crippen LogP contribution < -0.4 is 5.32 Å². The first-order valence-corrected chi connectivity index (χ1v) is 4.32. The van der Waals surface area contributed by atoms with E-state index in [0.29, 0.717) is 6.54 Å². The van der Waals surface area contributed by atoms with E-state index in [-0.39, 0.29) is 5.91 Å². The van der Waals surface area contributed by atoms with Crippen LogP contribution in [0.5, 0.6) is 0 Å². The zero-order valence-corrected chi connectivity index (χ0v) is 7.76. The summed E-state index contributed by atoms with van der Waals surface area (Å²) in [7, 11) is 0. The summed E-state index contributed by atoms with van der Waals surface area (Å²) >= 11 is 0. The molecule has 1 fully saturated rings. The molecule has 0 aromatic rings. The standard InChI is InChI=1S/C9H16N2O/c1-8(2)3-5-11-6-4-10-7-9(11)12/h3,10H,4-7H2,1-2H3. The van der Waals surface area contributed by atoms with Gasteiger partial charge in [-0.15, -0.1) is 0 Å². The molecule has 1 aliphatic rings. The van der Waals surface area contributed by atoms with Crippen molar-refractivity contribution in [1.29, 1.82) is 0 Å². The Hall–Kier alpha value is -0.830. The lowest BCUT2D eigenvalue weighted by atomic mass is 10.3. The maximum Gasteiger partial charge on any atom is 0.236 e. The maximum atomic E-state index is 11.2. The van der Waals surface area contributed by atoms with Crippen molar-refractivity contribution in [3.63, 3.8) is 0 Å². The van der Waals surface area contributed by atoms with E-state index in [9.17, 15) is 4.79 Å². The van der Waals surface area contributed by atoms with Crippen LogP contribution in [0, 0.1) is 0 Å². The monoisotopic (exact) mass is 168 g/mol. The van der Waals surface area contributed by atoms with Gasteiger partial charge in [0, 0.05) is 19.6 Å². The number of hydrogen-bond donors (Lipinski definition) is 1. The van der Waals surface area contributed by atoms with Gasteiger partial charge in [0.25, 0.3) is 0 Å². The number of rotatable bonds is 2. The number of piperazine rings is 1. The van der Waals surface area contributed by atoms with E-state index in [1.165, 1.54) is 5.57 Å². The third-order valence-electron chi connectivity index (χ3n) is 1.91.